The first kappa shape index (κ1) is 15.9. The third-order valence-electron chi connectivity index (χ3n) is 2.51. The minimum Gasteiger partial charge on any atom is -0.491 e. The molecule has 0 amide bonds. The van der Waals surface area contributed by atoms with E-state index in [9.17, 15) is 8.42 Å². The maximum Gasteiger partial charge on any atom is 0.242 e. The average molecular weight is 287 g/mol. The van der Waals surface area contributed by atoms with Crippen LogP contribution in [0.1, 0.15) is 13.8 Å². The van der Waals surface area contributed by atoms with Crippen LogP contribution in [-0.4, -0.2) is 44.6 Å². The molecule has 19 heavy (non-hydrogen) atoms. The van der Waals surface area contributed by atoms with Crippen LogP contribution in [0.3, 0.4) is 0 Å². The lowest BCUT2D eigenvalue weighted by atomic mass is 10.2. The largest absolute Gasteiger partial charge is 0.491 e. The molecule has 6 heteroatoms. The predicted octanol–water partition coefficient (Wildman–Crippen LogP) is 1.33. The highest BCUT2D eigenvalue weighted by atomic mass is 32.2. The summed E-state index contributed by atoms with van der Waals surface area (Å²) in [6.07, 6.45) is 0. The topological polar surface area (TPSA) is 66.8 Å². The van der Waals surface area contributed by atoms with Crippen molar-refractivity contribution in [3.05, 3.63) is 24.3 Å². The van der Waals surface area contributed by atoms with Gasteiger partial charge in [0, 0.05) is 13.6 Å². The van der Waals surface area contributed by atoms with E-state index in [1.165, 1.54) is 16.4 Å². The zero-order valence-electron chi connectivity index (χ0n) is 11.5. The number of benzene rings is 1. The van der Waals surface area contributed by atoms with E-state index in [0.29, 0.717) is 12.3 Å². The van der Waals surface area contributed by atoms with Crippen LogP contribution in [0, 0.1) is 5.92 Å². The first-order valence-electron chi connectivity index (χ1n) is 6.18. The van der Waals surface area contributed by atoms with E-state index < -0.39 is 10.0 Å². The summed E-state index contributed by atoms with van der Waals surface area (Å²) in [7, 11) is -1.87. The quantitative estimate of drug-likeness (QED) is 0.821. The third-order valence-corrected chi connectivity index (χ3v) is 4.35. The number of ether oxygens (including phenoxy) is 1. The Morgan fingerprint density at radius 1 is 1.26 bits per heavy atom. The molecule has 0 radical (unpaired) electrons. The fourth-order valence-electron chi connectivity index (χ4n) is 1.66. The van der Waals surface area contributed by atoms with Crippen LogP contribution >= 0.6 is 0 Å². The van der Waals surface area contributed by atoms with Gasteiger partial charge < -0.3 is 9.84 Å². The van der Waals surface area contributed by atoms with Crippen molar-refractivity contribution >= 4 is 10.0 Å². The summed E-state index contributed by atoms with van der Waals surface area (Å²) in [5.74, 6) is 0.812. The van der Waals surface area contributed by atoms with Crippen molar-refractivity contribution in [1.29, 1.82) is 0 Å². The predicted molar refractivity (Wildman–Crippen MR) is 73.7 cm³/mol. The van der Waals surface area contributed by atoms with Gasteiger partial charge in [0.1, 0.15) is 12.4 Å². The molecule has 108 valence electrons. The Hall–Kier alpha value is -1.11. The van der Waals surface area contributed by atoms with Crippen molar-refractivity contribution in [2.45, 2.75) is 18.7 Å². The number of nitrogens with zero attached hydrogens (tertiary/aromatic N) is 1. The number of rotatable bonds is 7. The Balaban J connectivity index is 2.84. The smallest absolute Gasteiger partial charge is 0.242 e. The highest BCUT2D eigenvalue weighted by Gasteiger charge is 2.21. The monoisotopic (exact) mass is 287 g/mol. The number of hydrogen-bond acceptors (Lipinski definition) is 4. The lowest BCUT2D eigenvalue weighted by molar-refractivity contribution is 0.201. The van der Waals surface area contributed by atoms with Gasteiger partial charge in [0.05, 0.1) is 11.5 Å². The molecular weight excluding hydrogens is 266 g/mol. The van der Waals surface area contributed by atoms with E-state index in [0.717, 1.165) is 0 Å². The molecule has 0 heterocycles. The third kappa shape index (κ3) is 4.49. The number of aliphatic hydroxyl groups is 1. The summed E-state index contributed by atoms with van der Waals surface area (Å²) in [5.41, 5.74) is 0. The standard InChI is InChI=1S/C13H21NO4S/c1-11(2)10-14(3)19(16,17)13-6-4-12(5-7-13)18-9-8-15/h4-7,11,15H,8-10H2,1-3H3. The van der Waals surface area contributed by atoms with Crippen LogP contribution in [0.15, 0.2) is 29.2 Å². The van der Waals surface area contributed by atoms with Crippen LogP contribution in [0.25, 0.3) is 0 Å². The summed E-state index contributed by atoms with van der Waals surface area (Å²) in [5, 5.41) is 8.64. The molecule has 1 aromatic rings. The van der Waals surface area contributed by atoms with E-state index >= 15 is 0 Å². The summed E-state index contributed by atoms with van der Waals surface area (Å²) in [6.45, 7) is 4.54. The molecule has 0 saturated heterocycles. The lowest BCUT2D eigenvalue weighted by Gasteiger charge is -2.19. The van der Waals surface area contributed by atoms with Gasteiger partial charge >= 0.3 is 0 Å². The Labute approximate surface area is 114 Å². The Morgan fingerprint density at radius 2 is 1.84 bits per heavy atom. The molecule has 0 aliphatic rings. The minimum atomic E-state index is -3.44. The fourth-order valence-corrected chi connectivity index (χ4v) is 3.00. The van der Waals surface area contributed by atoms with Gasteiger partial charge in [-0.25, -0.2) is 12.7 Å². The van der Waals surface area contributed by atoms with Gasteiger partial charge in [0.15, 0.2) is 0 Å². The molecule has 0 atom stereocenters. The van der Waals surface area contributed by atoms with Crippen LogP contribution in [-0.2, 0) is 10.0 Å². The van der Waals surface area contributed by atoms with E-state index in [4.69, 9.17) is 9.84 Å². The van der Waals surface area contributed by atoms with Gasteiger partial charge in [0.25, 0.3) is 0 Å². The molecule has 0 saturated carbocycles. The van der Waals surface area contributed by atoms with Crippen molar-refractivity contribution in [2.75, 3.05) is 26.8 Å². The van der Waals surface area contributed by atoms with Crippen LogP contribution in [0.5, 0.6) is 5.75 Å². The van der Waals surface area contributed by atoms with Crippen molar-refractivity contribution in [1.82, 2.24) is 4.31 Å². The van der Waals surface area contributed by atoms with Crippen molar-refractivity contribution < 1.29 is 18.3 Å². The molecule has 1 aromatic carbocycles. The maximum atomic E-state index is 12.2. The highest BCUT2D eigenvalue weighted by molar-refractivity contribution is 7.89. The van der Waals surface area contributed by atoms with E-state index in [1.807, 2.05) is 13.8 Å². The maximum absolute atomic E-state index is 12.2. The second-order valence-corrected chi connectivity index (χ2v) is 6.77. The molecule has 0 spiro atoms. The Bertz CT molecular complexity index is 482. The SMILES string of the molecule is CC(C)CN(C)S(=O)(=O)c1ccc(OCCO)cc1. The van der Waals surface area contributed by atoms with E-state index in [2.05, 4.69) is 0 Å². The molecule has 5 nitrogen and oxygen atoms in total. The Kier molecular flexibility index (Phi) is 5.78. The highest BCUT2D eigenvalue weighted by Crippen LogP contribution is 2.19. The molecule has 0 aromatic heterocycles. The van der Waals surface area contributed by atoms with Gasteiger partial charge in [-0.15, -0.1) is 0 Å². The van der Waals surface area contributed by atoms with Gasteiger partial charge in [-0.1, -0.05) is 13.8 Å². The summed E-state index contributed by atoms with van der Waals surface area (Å²) in [4.78, 5) is 0.243. The molecule has 1 N–H and O–H groups in total. The van der Waals surface area contributed by atoms with Gasteiger partial charge in [-0.2, -0.15) is 0 Å². The molecule has 0 unspecified atom stereocenters. The number of sulfonamides is 1. The molecule has 1 rings (SSSR count). The van der Waals surface area contributed by atoms with Crippen LogP contribution in [0.4, 0.5) is 0 Å². The van der Waals surface area contributed by atoms with Gasteiger partial charge in [-0.05, 0) is 30.2 Å². The van der Waals surface area contributed by atoms with Crippen molar-refractivity contribution in [3.8, 4) is 5.75 Å². The zero-order valence-corrected chi connectivity index (χ0v) is 12.4. The lowest BCUT2D eigenvalue weighted by Crippen LogP contribution is -2.30. The molecule has 0 bridgehead atoms. The summed E-state index contributed by atoms with van der Waals surface area (Å²) < 4.78 is 31.0. The zero-order chi connectivity index (χ0) is 14.5. The molecule has 0 aliphatic carbocycles. The fraction of sp³-hybridized carbons (Fsp3) is 0.538. The first-order valence-corrected chi connectivity index (χ1v) is 7.62. The minimum absolute atomic E-state index is 0.0722. The molecule has 0 aliphatic heterocycles. The van der Waals surface area contributed by atoms with Crippen LogP contribution in [0.2, 0.25) is 0 Å². The van der Waals surface area contributed by atoms with Crippen molar-refractivity contribution in [3.63, 3.8) is 0 Å². The number of hydrogen-bond donors (Lipinski definition) is 1. The molecular formula is C13H21NO4S. The second-order valence-electron chi connectivity index (χ2n) is 4.72. The normalized spacial score (nSPS) is 12.1. The van der Waals surface area contributed by atoms with Gasteiger partial charge in [0.2, 0.25) is 10.0 Å². The second kappa shape index (κ2) is 6.88. The number of aliphatic hydroxyl groups excluding tert-OH is 1. The van der Waals surface area contributed by atoms with Gasteiger partial charge in [-0.3, -0.25) is 0 Å². The first-order chi connectivity index (χ1) is 8.87. The summed E-state index contributed by atoms with van der Waals surface area (Å²) in [6, 6.07) is 6.20. The van der Waals surface area contributed by atoms with Crippen LogP contribution < -0.4 is 4.74 Å². The van der Waals surface area contributed by atoms with Crippen molar-refractivity contribution in [2.24, 2.45) is 5.92 Å². The Morgan fingerprint density at radius 3 is 2.32 bits per heavy atom. The molecule has 0 fully saturated rings. The average Bonchev–Trinajstić information content (AvgIpc) is 2.36. The summed E-state index contributed by atoms with van der Waals surface area (Å²) >= 11 is 0. The van der Waals surface area contributed by atoms with E-state index in [-0.39, 0.29) is 24.0 Å². The van der Waals surface area contributed by atoms with E-state index in [1.54, 1.807) is 19.2 Å².